The minimum absolute atomic E-state index is 0.259. The molecule has 0 unspecified atom stereocenters. The van der Waals surface area contributed by atoms with Gasteiger partial charge in [-0.25, -0.2) is 4.98 Å². The van der Waals surface area contributed by atoms with E-state index in [4.69, 9.17) is 14.2 Å². The molecule has 6 heteroatoms. The first kappa shape index (κ1) is 15.1. The fourth-order valence-corrected chi connectivity index (χ4v) is 2.61. The molecule has 2 aromatic heterocycles. The molecule has 0 fully saturated rings. The van der Waals surface area contributed by atoms with Gasteiger partial charge in [-0.3, -0.25) is 4.98 Å². The number of hydrogen-bond donors (Lipinski definition) is 0. The average molecular weight is 333 g/mol. The molecule has 0 saturated heterocycles. The Morgan fingerprint density at radius 2 is 1.64 bits per heavy atom. The van der Waals surface area contributed by atoms with E-state index in [0.29, 0.717) is 22.8 Å². The van der Waals surface area contributed by atoms with Crippen LogP contribution in [0.4, 0.5) is 0 Å². The molecule has 0 aliphatic carbocycles. The Kier molecular flexibility index (Phi) is 3.78. The van der Waals surface area contributed by atoms with Gasteiger partial charge in [-0.05, 0) is 24.3 Å². The van der Waals surface area contributed by atoms with Gasteiger partial charge in [0.05, 0.1) is 25.3 Å². The Labute approximate surface area is 144 Å². The van der Waals surface area contributed by atoms with Gasteiger partial charge in [0.2, 0.25) is 0 Å². The number of fused-ring (bicyclic) bond motifs is 2. The smallest absolute Gasteiger partial charge is 0.322 e. The molecule has 0 amide bonds. The highest BCUT2D eigenvalue weighted by atomic mass is 16.5. The summed E-state index contributed by atoms with van der Waals surface area (Å²) < 4.78 is 16.4. The summed E-state index contributed by atoms with van der Waals surface area (Å²) >= 11 is 0. The second-order valence-corrected chi connectivity index (χ2v) is 5.38. The van der Waals surface area contributed by atoms with Crippen LogP contribution in [-0.2, 0) is 0 Å². The van der Waals surface area contributed by atoms with Crippen molar-refractivity contribution < 1.29 is 14.2 Å². The molecule has 6 nitrogen and oxygen atoms in total. The fourth-order valence-electron chi connectivity index (χ4n) is 2.61. The second-order valence-electron chi connectivity index (χ2n) is 5.38. The fraction of sp³-hybridized carbons (Fsp3) is 0.105. The lowest BCUT2D eigenvalue weighted by Gasteiger charge is -2.09. The summed E-state index contributed by atoms with van der Waals surface area (Å²) in [7, 11) is 3.18. The molecule has 4 aromatic rings. The monoisotopic (exact) mass is 333 g/mol. The molecule has 0 aliphatic rings. The van der Waals surface area contributed by atoms with Gasteiger partial charge in [-0.15, -0.1) is 0 Å². The topological polar surface area (TPSA) is 66.4 Å². The Balaban J connectivity index is 1.70. The molecule has 4 rings (SSSR count). The molecular formula is C19H15N3O3. The number of ether oxygens (including phenoxy) is 3. The molecule has 0 saturated carbocycles. The van der Waals surface area contributed by atoms with Crippen LogP contribution in [0, 0.1) is 0 Å². The summed E-state index contributed by atoms with van der Waals surface area (Å²) in [4.78, 5) is 13.0. The number of rotatable bonds is 4. The van der Waals surface area contributed by atoms with Crippen molar-refractivity contribution in [3.05, 3.63) is 54.9 Å². The first-order valence-electron chi connectivity index (χ1n) is 7.68. The van der Waals surface area contributed by atoms with Gasteiger partial charge in [0.15, 0.2) is 11.5 Å². The summed E-state index contributed by atoms with van der Waals surface area (Å²) in [6.07, 6.45) is 3.44. The molecule has 2 heterocycles. The minimum atomic E-state index is 0.259. The number of benzene rings is 2. The minimum Gasteiger partial charge on any atom is -0.493 e. The Morgan fingerprint density at radius 3 is 2.48 bits per heavy atom. The normalized spacial score (nSPS) is 10.8. The third-order valence-corrected chi connectivity index (χ3v) is 3.85. The van der Waals surface area contributed by atoms with Crippen LogP contribution in [-0.4, -0.2) is 29.2 Å². The third kappa shape index (κ3) is 2.89. The Bertz CT molecular complexity index is 1070. The predicted octanol–water partition coefficient (Wildman–Crippen LogP) is 3.99. The second kappa shape index (κ2) is 6.24. The Hall–Kier alpha value is -3.41. The molecule has 2 aromatic carbocycles. The van der Waals surface area contributed by atoms with E-state index >= 15 is 0 Å². The summed E-state index contributed by atoms with van der Waals surface area (Å²) in [6.45, 7) is 0. The van der Waals surface area contributed by atoms with Crippen LogP contribution in [0.3, 0.4) is 0 Å². The lowest BCUT2D eigenvalue weighted by molar-refractivity contribution is 0.355. The van der Waals surface area contributed by atoms with Crippen LogP contribution in [0.15, 0.2) is 54.9 Å². The molecule has 0 aliphatic heterocycles. The number of methoxy groups -OCH3 is 2. The maximum Gasteiger partial charge on any atom is 0.322 e. The van der Waals surface area contributed by atoms with E-state index in [9.17, 15) is 0 Å². The molecule has 0 spiro atoms. The molecular weight excluding hydrogens is 318 g/mol. The van der Waals surface area contributed by atoms with E-state index in [1.165, 1.54) is 0 Å². The van der Waals surface area contributed by atoms with Gasteiger partial charge in [-0.1, -0.05) is 6.07 Å². The lowest BCUT2D eigenvalue weighted by Crippen LogP contribution is -1.95. The van der Waals surface area contributed by atoms with Gasteiger partial charge in [0.25, 0.3) is 0 Å². The highest BCUT2D eigenvalue weighted by Crippen LogP contribution is 2.32. The molecule has 0 radical (unpaired) electrons. The predicted molar refractivity (Wildman–Crippen MR) is 94.5 cm³/mol. The van der Waals surface area contributed by atoms with Crippen molar-refractivity contribution in [1.82, 2.24) is 15.0 Å². The lowest BCUT2D eigenvalue weighted by atomic mass is 10.2. The molecule has 0 bridgehead atoms. The van der Waals surface area contributed by atoms with Gasteiger partial charge in [-0.2, -0.15) is 4.98 Å². The molecule has 124 valence electrons. The number of aromatic nitrogens is 3. The van der Waals surface area contributed by atoms with Gasteiger partial charge < -0.3 is 14.2 Å². The molecule has 0 N–H and O–H groups in total. The summed E-state index contributed by atoms with van der Waals surface area (Å²) in [5.74, 6) is 1.87. The zero-order valence-electron chi connectivity index (χ0n) is 13.8. The van der Waals surface area contributed by atoms with E-state index in [-0.39, 0.29) is 6.01 Å². The summed E-state index contributed by atoms with van der Waals surface area (Å²) in [5, 5.41) is 1.89. The number of hydrogen-bond acceptors (Lipinski definition) is 6. The zero-order valence-corrected chi connectivity index (χ0v) is 13.8. The first-order chi connectivity index (χ1) is 12.3. The van der Waals surface area contributed by atoms with Crippen molar-refractivity contribution in [3.8, 4) is 23.3 Å². The largest absolute Gasteiger partial charge is 0.493 e. The van der Waals surface area contributed by atoms with Gasteiger partial charge in [0, 0.05) is 35.3 Å². The summed E-state index contributed by atoms with van der Waals surface area (Å²) in [6, 6.07) is 13.5. The maximum absolute atomic E-state index is 5.79. The van der Waals surface area contributed by atoms with Crippen molar-refractivity contribution in [2.24, 2.45) is 0 Å². The molecule has 0 atom stereocenters. The van der Waals surface area contributed by atoms with Gasteiger partial charge in [0.1, 0.15) is 5.75 Å². The van der Waals surface area contributed by atoms with Crippen LogP contribution in [0.2, 0.25) is 0 Å². The van der Waals surface area contributed by atoms with Crippen molar-refractivity contribution >= 4 is 21.8 Å². The highest BCUT2D eigenvalue weighted by molar-refractivity contribution is 5.82. The summed E-state index contributed by atoms with van der Waals surface area (Å²) in [5.41, 5.74) is 1.56. The van der Waals surface area contributed by atoms with Crippen molar-refractivity contribution in [3.63, 3.8) is 0 Å². The van der Waals surface area contributed by atoms with Crippen LogP contribution in [0.5, 0.6) is 23.3 Å². The van der Waals surface area contributed by atoms with Gasteiger partial charge >= 0.3 is 6.01 Å². The number of nitrogens with zero attached hydrogens (tertiary/aromatic N) is 3. The number of pyridine rings is 1. The average Bonchev–Trinajstić information content (AvgIpc) is 2.66. The zero-order chi connectivity index (χ0) is 17.2. The van der Waals surface area contributed by atoms with Crippen molar-refractivity contribution in [1.29, 1.82) is 0 Å². The highest BCUT2D eigenvalue weighted by Gasteiger charge is 2.09. The molecule has 25 heavy (non-hydrogen) atoms. The SMILES string of the molecule is COc1cc2cnc(Oc3ccc4cccnc4c3)nc2cc1OC. The Morgan fingerprint density at radius 1 is 0.800 bits per heavy atom. The van der Waals surface area contributed by atoms with Crippen molar-refractivity contribution in [2.75, 3.05) is 14.2 Å². The maximum atomic E-state index is 5.79. The van der Waals surface area contributed by atoms with Crippen LogP contribution < -0.4 is 14.2 Å². The quantitative estimate of drug-likeness (QED) is 0.562. The van der Waals surface area contributed by atoms with E-state index in [2.05, 4.69) is 15.0 Å². The standard InChI is InChI=1S/C19H15N3O3/c1-23-17-8-13-11-21-19(22-16(13)10-18(17)24-2)25-14-6-5-12-4-3-7-20-15(12)9-14/h3-11H,1-2H3. The van der Waals surface area contributed by atoms with Crippen LogP contribution in [0.25, 0.3) is 21.8 Å². The van der Waals surface area contributed by atoms with E-state index in [1.54, 1.807) is 32.7 Å². The van der Waals surface area contributed by atoms with E-state index in [1.807, 2.05) is 36.4 Å². The third-order valence-electron chi connectivity index (χ3n) is 3.85. The van der Waals surface area contributed by atoms with Crippen molar-refractivity contribution in [2.45, 2.75) is 0 Å². The van der Waals surface area contributed by atoms with Crippen LogP contribution >= 0.6 is 0 Å². The first-order valence-corrected chi connectivity index (χ1v) is 7.68. The van der Waals surface area contributed by atoms with E-state index in [0.717, 1.165) is 16.3 Å². The van der Waals surface area contributed by atoms with Crippen LogP contribution in [0.1, 0.15) is 0 Å². The van der Waals surface area contributed by atoms with E-state index < -0.39 is 0 Å².